The molecule has 0 heterocycles. The fourth-order valence-electron chi connectivity index (χ4n) is 1.02. The lowest BCUT2D eigenvalue weighted by Gasteiger charge is -2.19. The van der Waals surface area contributed by atoms with Crippen LogP contribution in [-0.4, -0.2) is 31.0 Å². The van der Waals surface area contributed by atoms with Crippen molar-refractivity contribution in [2.24, 2.45) is 5.73 Å². The molecule has 4 nitrogen and oxygen atoms in total. The molecule has 3 N–H and O–H groups in total. The summed E-state index contributed by atoms with van der Waals surface area (Å²) in [4.78, 5) is 11.0. The Kier molecular flexibility index (Phi) is 3.65. The number of hydrogen-bond acceptors (Lipinski definition) is 3. The minimum absolute atomic E-state index is 0.0794. The predicted molar refractivity (Wildman–Crippen MR) is 49.3 cm³/mol. The second-order valence-electron chi connectivity index (χ2n) is 3.29. The van der Waals surface area contributed by atoms with Gasteiger partial charge in [0.2, 0.25) is 5.60 Å². The van der Waals surface area contributed by atoms with Crippen LogP contribution in [0, 0.1) is 11.8 Å². The minimum atomic E-state index is -4.51. The van der Waals surface area contributed by atoms with E-state index in [1.807, 2.05) is 0 Å². The number of rotatable bonds is 2. The summed E-state index contributed by atoms with van der Waals surface area (Å²) in [6.07, 6.45) is -5.98. The minimum Gasteiger partial charge on any atom is -0.433 e. The van der Waals surface area contributed by atoms with Crippen LogP contribution < -0.4 is 11.1 Å². The van der Waals surface area contributed by atoms with Gasteiger partial charge < -0.3 is 15.8 Å². The fraction of sp³-hybridized carbons (Fsp3) is 0.667. The van der Waals surface area contributed by atoms with Crippen LogP contribution in [0.5, 0.6) is 0 Å². The molecule has 90 valence electrons. The number of nitrogens with one attached hydrogen (secondary N) is 1. The summed E-state index contributed by atoms with van der Waals surface area (Å²) in [5.74, 6) is 4.89. The van der Waals surface area contributed by atoms with E-state index < -0.39 is 17.9 Å². The van der Waals surface area contributed by atoms with E-state index in [0.29, 0.717) is 0 Å². The van der Waals surface area contributed by atoms with Crippen molar-refractivity contribution in [3.05, 3.63) is 0 Å². The number of halogens is 3. The number of hydrogen-bond donors (Lipinski definition) is 2. The molecule has 0 aromatic heterocycles. The van der Waals surface area contributed by atoms with E-state index in [-0.39, 0.29) is 25.9 Å². The lowest BCUT2D eigenvalue weighted by Crippen LogP contribution is -2.39. The van der Waals surface area contributed by atoms with Crippen molar-refractivity contribution in [2.45, 2.75) is 24.6 Å². The van der Waals surface area contributed by atoms with Gasteiger partial charge >= 0.3 is 12.3 Å². The summed E-state index contributed by atoms with van der Waals surface area (Å²) in [6, 6.07) is 0. The van der Waals surface area contributed by atoms with Gasteiger partial charge in [-0.2, -0.15) is 13.2 Å². The number of ether oxygens (including phenoxy) is 1. The maximum atomic E-state index is 12.3. The number of carbonyl (C=O) groups excluding carboxylic acids is 1. The average Bonchev–Trinajstić information content (AvgIpc) is 2.92. The van der Waals surface area contributed by atoms with Crippen molar-refractivity contribution < 1.29 is 22.7 Å². The van der Waals surface area contributed by atoms with Crippen molar-refractivity contribution in [1.82, 2.24) is 5.32 Å². The topological polar surface area (TPSA) is 64.3 Å². The van der Waals surface area contributed by atoms with Gasteiger partial charge in [-0.05, 0) is 0 Å². The molecule has 0 spiro atoms. The second kappa shape index (κ2) is 4.61. The van der Waals surface area contributed by atoms with E-state index in [2.05, 4.69) is 21.9 Å². The Hall–Kier alpha value is -1.42. The zero-order chi connectivity index (χ0) is 12.2. The number of alkyl halides is 3. The number of carbonyl (C=O) groups is 1. The van der Waals surface area contributed by atoms with Gasteiger partial charge in [0.05, 0.1) is 13.1 Å². The van der Waals surface area contributed by atoms with Crippen molar-refractivity contribution >= 4 is 6.09 Å². The van der Waals surface area contributed by atoms with Crippen molar-refractivity contribution in [3.63, 3.8) is 0 Å². The maximum Gasteiger partial charge on any atom is 0.428 e. The predicted octanol–water partition coefficient (Wildman–Crippen LogP) is 0.770. The average molecular weight is 236 g/mol. The Morgan fingerprint density at radius 3 is 2.50 bits per heavy atom. The molecule has 1 fully saturated rings. The molecule has 1 saturated carbocycles. The Morgan fingerprint density at radius 1 is 1.44 bits per heavy atom. The van der Waals surface area contributed by atoms with Crippen LogP contribution in [0.25, 0.3) is 0 Å². The number of alkyl carbamates (subject to hydrolysis) is 1. The quantitative estimate of drug-likeness (QED) is 0.696. The van der Waals surface area contributed by atoms with Gasteiger partial charge in [-0.1, -0.05) is 11.8 Å². The van der Waals surface area contributed by atoms with Gasteiger partial charge in [0, 0.05) is 12.8 Å². The third kappa shape index (κ3) is 3.03. The van der Waals surface area contributed by atoms with Crippen molar-refractivity contribution in [1.29, 1.82) is 0 Å². The Bertz CT molecular complexity index is 326. The molecule has 7 heteroatoms. The first-order valence-corrected chi connectivity index (χ1v) is 4.61. The summed E-state index contributed by atoms with van der Waals surface area (Å²) in [7, 11) is 0. The molecular formula is C9H11F3N2O2. The van der Waals surface area contributed by atoms with Crippen LogP contribution in [0.2, 0.25) is 0 Å². The van der Waals surface area contributed by atoms with Gasteiger partial charge in [-0.3, -0.25) is 0 Å². The van der Waals surface area contributed by atoms with Gasteiger partial charge in [-0.15, -0.1) is 0 Å². The van der Waals surface area contributed by atoms with E-state index in [4.69, 9.17) is 5.73 Å². The van der Waals surface area contributed by atoms with E-state index in [1.54, 1.807) is 0 Å². The van der Waals surface area contributed by atoms with E-state index in [1.165, 1.54) is 0 Å². The number of nitrogens with two attached hydrogens (primary N) is 1. The largest absolute Gasteiger partial charge is 0.433 e. The summed E-state index contributed by atoms with van der Waals surface area (Å²) < 4.78 is 41.4. The van der Waals surface area contributed by atoms with Gasteiger partial charge in [0.15, 0.2) is 0 Å². The third-order valence-electron chi connectivity index (χ3n) is 2.06. The van der Waals surface area contributed by atoms with E-state index >= 15 is 0 Å². The van der Waals surface area contributed by atoms with Gasteiger partial charge in [0.1, 0.15) is 0 Å². The lowest BCUT2D eigenvalue weighted by molar-refractivity contribution is -0.217. The molecule has 0 bridgehead atoms. The van der Waals surface area contributed by atoms with Crippen LogP contribution in [-0.2, 0) is 4.74 Å². The van der Waals surface area contributed by atoms with Crippen molar-refractivity contribution in [2.75, 3.05) is 13.1 Å². The normalized spacial score (nSPS) is 17.0. The SMILES string of the molecule is NCC#CCNC(=O)OC1(C(F)(F)F)CC1. The highest BCUT2D eigenvalue weighted by Crippen LogP contribution is 2.52. The van der Waals surface area contributed by atoms with Crippen LogP contribution in [0.4, 0.5) is 18.0 Å². The molecule has 1 aliphatic carbocycles. The molecule has 0 radical (unpaired) electrons. The number of amides is 1. The first-order chi connectivity index (χ1) is 7.41. The molecule has 1 amide bonds. The highest BCUT2D eigenvalue weighted by atomic mass is 19.4. The summed E-state index contributed by atoms with van der Waals surface area (Å²) in [6.45, 7) is 0.0488. The Balaban J connectivity index is 2.35. The third-order valence-corrected chi connectivity index (χ3v) is 2.06. The standard InChI is InChI=1S/C9H11F3N2O2/c10-9(11,12)8(3-4-8)16-7(15)14-6-2-1-5-13/h3-6,13H2,(H,14,15). The molecule has 1 rings (SSSR count). The highest BCUT2D eigenvalue weighted by molar-refractivity contribution is 5.68. The van der Waals surface area contributed by atoms with Crippen LogP contribution in [0.15, 0.2) is 0 Å². The zero-order valence-electron chi connectivity index (χ0n) is 8.36. The fourth-order valence-corrected chi connectivity index (χ4v) is 1.02. The summed E-state index contributed by atoms with van der Waals surface area (Å²) >= 11 is 0. The molecule has 0 atom stereocenters. The molecule has 0 aromatic rings. The monoisotopic (exact) mass is 236 g/mol. The molecular weight excluding hydrogens is 225 g/mol. The Labute approximate surface area is 90.3 Å². The maximum absolute atomic E-state index is 12.3. The molecule has 16 heavy (non-hydrogen) atoms. The molecule has 0 aliphatic heterocycles. The molecule has 0 saturated heterocycles. The van der Waals surface area contributed by atoms with Crippen LogP contribution >= 0.6 is 0 Å². The van der Waals surface area contributed by atoms with E-state index in [0.717, 1.165) is 0 Å². The van der Waals surface area contributed by atoms with E-state index in [9.17, 15) is 18.0 Å². The zero-order valence-corrected chi connectivity index (χ0v) is 8.36. The second-order valence-corrected chi connectivity index (χ2v) is 3.29. The van der Waals surface area contributed by atoms with Crippen molar-refractivity contribution in [3.8, 4) is 11.8 Å². The van der Waals surface area contributed by atoms with Crippen LogP contribution in [0.3, 0.4) is 0 Å². The van der Waals surface area contributed by atoms with Gasteiger partial charge in [0.25, 0.3) is 0 Å². The first-order valence-electron chi connectivity index (χ1n) is 4.61. The molecule has 1 aliphatic rings. The van der Waals surface area contributed by atoms with Crippen LogP contribution in [0.1, 0.15) is 12.8 Å². The van der Waals surface area contributed by atoms with Gasteiger partial charge in [-0.25, -0.2) is 4.79 Å². The summed E-state index contributed by atoms with van der Waals surface area (Å²) in [5, 5.41) is 2.10. The smallest absolute Gasteiger partial charge is 0.428 e. The Morgan fingerprint density at radius 2 is 2.06 bits per heavy atom. The lowest BCUT2D eigenvalue weighted by atomic mass is 10.3. The highest BCUT2D eigenvalue weighted by Gasteiger charge is 2.67. The molecule has 0 unspecified atom stereocenters. The summed E-state index contributed by atoms with van der Waals surface area (Å²) in [5.41, 5.74) is 2.77. The first kappa shape index (κ1) is 12.6. The molecule has 0 aromatic carbocycles.